The van der Waals surface area contributed by atoms with Gasteiger partial charge in [0.05, 0.1) is 6.10 Å². The zero-order valence-corrected chi connectivity index (χ0v) is 9.63. The van der Waals surface area contributed by atoms with Crippen molar-refractivity contribution < 1.29 is 4.74 Å². The van der Waals surface area contributed by atoms with Crippen molar-refractivity contribution in [1.82, 2.24) is 5.43 Å². The molecule has 0 aliphatic carbocycles. The van der Waals surface area contributed by atoms with Crippen LogP contribution < -0.4 is 11.3 Å². The number of hydrogen-bond donors (Lipinski definition) is 2. The van der Waals surface area contributed by atoms with Gasteiger partial charge in [0, 0.05) is 12.6 Å². The Morgan fingerprint density at radius 3 is 3.20 bits per heavy atom. The summed E-state index contributed by atoms with van der Waals surface area (Å²) in [7, 11) is 0. The Balaban J connectivity index is 1.81. The smallest absolute Gasteiger partial charge is 0.0591 e. The Morgan fingerprint density at radius 2 is 2.60 bits per heavy atom. The second-order valence-electron chi connectivity index (χ2n) is 4.07. The number of nitrogens with two attached hydrogens (primary N) is 1. The molecule has 3 N–H and O–H groups in total. The monoisotopic (exact) mass is 226 g/mol. The van der Waals surface area contributed by atoms with Crippen molar-refractivity contribution in [2.24, 2.45) is 5.84 Å². The molecule has 4 heteroatoms. The largest absolute Gasteiger partial charge is 0.378 e. The van der Waals surface area contributed by atoms with Crippen molar-refractivity contribution in [2.45, 2.75) is 37.8 Å². The van der Waals surface area contributed by atoms with E-state index >= 15 is 0 Å². The first-order valence-corrected chi connectivity index (χ1v) is 6.41. The van der Waals surface area contributed by atoms with Crippen LogP contribution in [0.1, 0.15) is 24.8 Å². The first-order valence-electron chi connectivity index (χ1n) is 5.47. The fraction of sp³-hybridized carbons (Fsp3) is 0.636. The number of ether oxygens (including phenoxy) is 1. The molecule has 1 saturated heterocycles. The normalized spacial score (nSPS) is 23.1. The molecule has 1 aliphatic rings. The lowest BCUT2D eigenvalue weighted by Crippen LogP contribution is -2.39. The van der Waals surface area contributed by atoms with Crippen molar-refractivity contribution in [1.29, 1.82) is 0 Å². The van der Waals surface area contributed by atoms with Gasteiger partial charge in [0.25, 0.3) is 0 Å². The van der Waals surface area contributed by atoms with Gasteiger partial charge >= 0.3 is 0 Å². The van der Waals surface area contributed by atoms with Crippen molar-refractivity contribution in [3.63, 3.8) is 0 Å². The average Bonchev–Trinajstić information content (AvgIpc) is 2.89. The van der Waals surface area contributed by atoms with Gasteiger partial charge in [-0.1, -0.05) is 0 Å². The topological polar surface area (TPSA) is 47.3 Å². The van der Waals surface area contributed by atoms with Gasteiger partial charge in [-0.3, -0.25) is 11.3 Å². The lowest BCUT2D eigenvalue weighted by atomic mass is 10.0. The van der Waals surface area contributed by atoms with E-state index in [0.717, 1.165) is 19.4 Å². The van der Waals surface area contributed by atoms with Crippen LogP contribution in [0.25, 0.3) is 0 Å². The maximum atomic E-state index is 5.61. The zero-order valence-electron chi connectivity index (χ0n) is 8.82. The SMILES string of the molecule is NNC(Cc1ccsc1)CC1CCCO1. The zero-order chi connectivity index (χ0) is 10.5. The average molecular weight is 226 g/mol. The summed E-state index contributed by atoms with van der Waals surface area (Å²) in [5.74, 6) is 5.57. The first kappa shape index (κ1) is 11.1. The quantitative estimate of drug-likeness (QED) is 0.593. The van der Waals surface area contributed by atoms with Gasteiger partial charge in [0.2, 0.25) is 0 Å². The minimum absolute atomic E-state index is 0.336. The van der Waals surface area contributed by atoms with Gasteiger partial charge in [0.15, 0.2) is 0 Å². The second kappa shape index (κ2) is 5.61. The maximum Gasteiger partial charge on any atom is 0.0591 e. The van der Waals surface area contributed by atoms with Crippen LogP contribution in [0.15, 0.2) is 16.8 Å². The molecule has 0 bridgehead atoms. The Labute approximate surface area is 94.6 Å². The molecular weight excluding hydrogens is 208 g/mol. The van der Waals surface area contributed by atoms with Crippen LogP contribution in [0, 0.1) is 0 Å². The third-order valence-corrected chi connectivity index (χ3v) is 3.60. The predicted molar refractivity (Wildman–Crippen MR) is 62.7 cm³/mol. The van der Waals surface area contributed by atoms with Crippen molar-refractivity contribution in [3.8, 4) is 0 Å². The van der Waals surface area contributed by atoms with Crippen LogP contribution in [0.5, 0.6) is 0 Å². The van der Waals surface area contributed by atoms with E-state index in [1.807, 2.05) is 0 Å². The van der Waals surface area contributed by atoms with E-state index in [1.54, 1.807) is 11.3 Å². The summed E-state index contributed by atoms with van der Waals surface area (Å²) in [5, 5.41) is 4.29. The van der Waals surface area contributed by atoms with Gasteiger partial charge in [-0.25, -0.2) is 0 Å². The molecule has 2 atom stereocenters. The third-order valence-electron chi connectivity index (χ3n) is 2.87. The minimum Gasteiger partial charge on any atom is -0.378 e. The van der Waals surface area contributed by atoms with Crippen LogP contribution in [-0.4, -0.2) is 18.8 Å². The fourth-order valence-electron chi connectivity index (χ4n) is 2.05. The van der Waals surface area contributed by atoms with E-state index in [-0.39, 0.29) is 0 Å². The molecule has 2 rings (SSSR count). The highest BCUT2D eigenvalue weighted by Gasteiger charge is 2.20. The van der Waals surface area contributed by atoms with Crippen LogP contribution in [0.2, 0.25) is 0 Å². The van der Waals surface area contributed by atoms with E-state index in [1.165, 1.54) is 18.4 Å². The summed E-state index contributed by atoms with van der Waals surface area (Å²) in [6.07, 6.45) is 4.80. The first-order chi connectivity index (χ1) is 7.38. The molecular formula is C11H18N2OS. The molecule has 1 fully saturated rings. The number of hydrazine groups is 1. The maximum absolute atomic E-state index is 5.61. The van der Waals surface area contributed by atoms with E-state index in [2.05, 4.69) is 22.3 Å². The number of nitrogens with one attached hydrogen (secondary N) is 1. The molecule has 3 nitrogen and oxygen atoms in total. The Morgan fingerprint density at radius 1 is 1.67 bits per heavy atom. The van der Waals surface area contributed by atoms with E-state index in [9.17, 15) is 0 Å². The molecule has 1 aliphatic heterocycles. The highest BCUT2D eigenvalue weighted by atomic mass is 32.1. The molecule has 1 aromatic rings. The van der Waals surface area contributed by atoms with E-state index in [4.69, 9.17) is 10.6 Å². The molecule has 2 heterocycles. The van der Waals surface area contributed by atoms with Crippen LogP contribution in [0.4, 0.5) is 0 Å². The van der Waals surface area contributed by atoms with Gasteiger partial charge in [0.1, 0.15) is 0 Å². The number of hydrogen-bond acceptors (Lipinski definition) is 4. The summed E-state index contributed by atoms with van der Waals surface area (Å²) in [6, 6.07) is 2.49. The molecule has 0 amide bonds. The van der Waals surface area contributed by atoms with Gasteiger partial charge in [-0.2, -0.15) is 11.3 Å². The standard InChI is InChI=1S/C11H18N2OS/c12-13-10(6-9-3-5-15-8-9)7-11-2-1-4-14-11/h3,5,8,10-11,13H,1-2,4,6-7,12H2. The lowest BCUT2D eigenvalue weighted by Gasteiger charge is -2.18. The summed E-state index contributed by atoms with van der Waals surface area (Å²) in [6.45, 7) is 0.917. The minimum atomic E-state index is 0.336. The molecule has 2 unspecified atom stereocenters. The molecule has 0 saturated carbocycles. The molecule has 0 spiro atoms. The van der Waals surface area contributed by atoms with E-state index < -0.39 is 0 Å². The van der Waals surface area contributed by atoms with Crippen molar-refractivity contribution in [3.05, 3.63) is 22.4 Å². The van der Waals surface area contributed by atoms with E-state index in [0.29, 0.717) is 12.1 Å². The van der Waals surface area contributed by atoms with Crippen LogP contribution in [0.3, 0.4) is 0 Å². The van der Waals surface area contributed by atoms with Crippen molar-refractivity contribution >= 4 is 11.3 Å². The number of rotatable bonds is 5. The van der Waals surface area contributed by atoms with Crippen LogP contribution >= 0.6 is 11.3 Å². The summed E-state index contributed by atoms with van der Waals surface area (Å²) < 4.78 is 5.61. The Hall–Kier alpha value is -0.420. The summed E-state index contributed by atoms with van der Waals surface area (Å²) in [4.78, 5) is 0. The molecule has 0 aromatic carbocycles. The highest BCUT2D eigenvalue weighted by Crippen LogP contribution is 2.19. The highest BCUT2D eigenvalue weighted by molar-refractivity contribution is 7.07. The predicted octanol–water partition coefficient (Wildman–Crippen LogP) is 1.69. The summed E-state index contributed by atoms with van der Waals surface area (Å²) >= 11 is 1.73. The Bertz CT molecular complexity index is 270. The Kier molecular flexibility index (Phi) is 4.14. The molecule has 84 valence electrons. The third kappa shape index (κ3) is 3.28. The molecule has 15 heavy (non-hydrogen) atoms. The number of thiophene rings is 1. The fourth-order valence-corrected chi connectivity index (χ4v) is 2.73. The second-order valence-corrected chi connectivity index (χ2v) is 4.85. The van der Waals surface area contributed by atoms with Crippen molar-refractivity contribution in [2.75, 3.05) is 6.61 Å². The molecule has 1 aromatic heterocycles. The van der Waals surface area contributed by atoms with Gasteiger partial charge in [-0.05, 0) is 48.1 Å². The summed E-state index contributed by atoms with van der Waals surface area (Å²) in [5.41, 5.74) is 4.25. The van der Waals surface area contributed by atoms with Crippen LogP contribution in [-0.2, 0) is 11.2 Å². The van der Waals surface area contributed by atoms with Gasteiger partial charge in [-0.15, -0.1) is 0 Å². The molecule has 0 radical (unpaired) electrons. The lowest BCUT2D eigenvalue weighted by molar-refractivity contribution is 0.0946. The van der Waals surface area contributed by atoms with Gasteiger partial charge < -0.3 is 4.74 Å².